The van der Waals surface area contributed by atoms with Gasteiger partial charge in [-0.3, -0.25) is 14.3 Å². The van der Waals surface area contributed by atoms with Gasteiger partial charge in [-0.2, -0.15) is 0 Å². The van der Waals surface area contributed by atoms with E-state index in [1.165, 1.54) is 0 Å². The fourth-order valence-electron chi connectivity index (χ4n) is 4.89. The lowest BCUT2D eigenvalue weighted by Crippen LogP contribution is -2.36. The molecule has 3 N–H and O–H groups in total. The first-order valence-corrected chi connectivity index (χ1v) is 13.8. The van der Waals surface area contributed by atoms with Crippen LogP contribution in [0.15, 0.2) is 59.8 Å². The summed E-state index contributed by atoms with van der Waals surface area (Å²) in [5.74, 6) is 1.59. The second-order valence-electron chi connectivity index (χ2n) is 11.1. The molecule has 1 aliphatic rings. The van der Waals surface area contributed by atoms with Gasteiger partial charge in [0.15, 0.2) is 0 Å². The van der Waals surface area contributed by atoms with Crippen molar-refractivity contribution in [3.8, 4) is 28.2 Å². The van der Waals surface area contributed by atoms with Crippen LogP contribution in [0.5, 0.6) is 0 Å². The Morgan fingerprint density at radius 3 is 2.55 bits per heavy atom. The molecule has 0 unspecified atom stereocenters. The van der Waals surface area contributed by atoms with Gasteiger partial charge in [0.05, 0.1) is 36.4 Å². The van der Waals surface area contributed by atoms with Crippen LogP contribution < -0.4 is 10.9 Å². The predicted octanol–water partition coefficient (Wildman–Crippen LogP) is 5.19. The highest BCUT2D eigenvalue weighted by Gasteiger charge is 2.34. The number of rotatable bonds is 8. The van der Waals surface area contributed by atoms with Crippen LogP contribution in [0.4, 0.5) is 4.79 Å². The summed E-state index contributed by atoms with van der Waals surface area (Å²) in [5, 5.41) is 3.34. The number of aromatic nitrogens is 5. The Balaban J connectivity index is 1.29. The van der Waals surface area contributed by atoms with Gasteiger partial charge in [-0.25, -0.2) is 14.8 Å². The molecular formula is C30H37N7O3. The summed E-state index contributed by atoms with van der Waals surface area (Å²) >= 11 is 0. The maximum absolute atomic E-state index is 13.1. The molecule has 40 heavy (non-hydrogen) atoms. The summed E-state index contributed by atoms with van der Waals surface area (Å²) in [6, 6.07) is 11.1. The Kier molecular flexibility index (Phi) is 7.88. The topological polar surface area (TPSA) is 121 Å². The molecule has 1 atom stereocenters. The number of aromatic amines is 2. The van der Waals surface area contributed by atoms with E-state index in [9.17, 15) is 9.59 Å². The molecule has 0 aliphatic carbocycles. The molecule has 0 bridgehead atoms. The molecule has 3 aromatic heterocycles. The monoisotopic (exact) mass is 543 g/mol. The van der Waals surface area contributed by atoms with E-state index in [4.69, 9.17) is 4.74 Å². The molecule has 4 heterocycles. The fraction of sp³-hybridized carbons (Fsp3) is 0.400. The van der Waals surface area contributed by atoms with Crippen LogP contribution in [-0.4, -0.2) is 54.2 Å². The number of nitrogens with zero attached hydrogens (tertiary/aromatic N) is 4. The summed E-state index contributed by atoms with van der Waals surface area (Å²) in [7, 11) is 0. The van der Waals surface area contributed by atoms with E-state index in [-0.39, 0.29) is 17.7 Å². The predicted molar refractivity (Wildman–Crippen MR) is 154 cm³/mol. The number of benzene rings is 1. The normalized spacial score (nSPS) is 15.5. The minimum absolute atomic E-state index is 0.150. The molecule has 0 radical (unpaired) electrons. The van der Waals surface area contributed by atoms with Gasteiger partial charge in [-0.1, -0.05) is 19.1 Å². The van der Waals surface area contributed by atoms with Crippen LogP contribution in [0.25, 0.3) is 28.2 Å². The Labute approximate surface area is 233 Å². The van der Waals surface area contributed by atoms with Crippen molar-refractivity contribution in [1.82, 2.24) is 34.7 Å². The Bertz CT molecular complexity index is 1510. The molecule has 1 amide bonds. The van der Waals surface area contributed by atoms with Crippen LogP contribution in [0.1, 0.15) is 64.6 Å². The molecular weight excluding hydrogens is 506 g/mol. The number of ether oxygens (including phenoxy) is 1. The summed E-state index contributed by atoms with van der Waals surface area (Å²) in [5.41, 5.74) is 3.47. The highest BCUT2D eigenvalue weighted by atomic mass is 16.6. The summed E-state index contributed by atoms with van der Waals surface area (Å²) in [6.07, 6.45) is 7.74. The number of hydrogen-bond donors (Lipinski definition) is 3. The fourth-order valence-corrected chi connectivity index (χ4v) is 4.89. The summed E-state index contributed by atoms with van der Waals surface area (Å²) < 4.78 is 7.19. The first kappa shape index (κ1) is 27.4. The SMILES string of the molecule is CCCNCc1ncc(-c2ccc(-n3ccc(-c4cnc([C@@H]5CCCN5C(=O)OC(C)(C)C)[nH]4)cc3=O)cc2)[nH]1. The second kappa shape index (κ2) is 11.5. The van der Waals surface area contributed by atoms with Crippen LogP contribution in [0, 0.1) is 0 Å². The first-order chi connectivity index (χ1) is 19.2. The minimum atomic E-state index is -0.559. The van der Waals surface area contributed by atoms with E-state index in [1.807, 2.05) is 57.3 Å². The number of hydrogen-bond acceptors (Lipinski definition) is 6. The summed E-state index contributed by atoms with van der Waals surface area (Å²) in [6.45, 7) is 10.00. The third-order valence-corrected chi connectivity index (χ3v) is 6.83. The number of H-pyrrole nitrogens is 2. The molecule has 0 saturated carbocycles. The Morgan fingerprint density at radius 1 is 1.07 bits per heavy atom. The average molecular weight is 544 g/mol. The zero-order chi connectivity index (χ0) is 28.3. The van der Waals surface area contributed by atoms with Gasteiger partial charge in [0, 0.05) is 30.1 Å². The molecule has 1 aromatic carbocycles. The number of pyridine rings is 1. The highest BCUT2D eigenvalue weighted by Crippen LogP contribution is 2.32. The highest BCUT2D eigenvalue weighted by molar-refractivity contribution is 5.69. The van der Waals surface area contributed by atoms with Gasteiger partial charge in [0.1, 0.15) is 17.2 Å². The number of nitrogens with one attached hydrogen (secondary N) is 3. The molecule has 5 rings (SSSR count). The zero-order valence-electron chi connectivity index (χ0n) is 23.5. The summed E-state index contributed by atoms with van der Waals surface area (Å²) in [4.78, 5) is 43.2. The Morgan fingerprint density at radius 2 is 1.82 bits per heavy atom. The van der Waals surface area contributed by atoms with Crippen LogP contribution in [0.2, 0.25) is 0 Å². The maximum atomic E-state index is 13.1. The van der Waals surface area contributed by atoms with Gasteiger partial charge in [-0.15, -0.1) is 0 Å². The molecule has 10 heteroatoms. The van der Waals surface area contributed by atoms with Crippen molar-refractivity contribution >= 4 is 6.09 Å². The van der Waals surface area contributed by atoms with Crippen LogP contribution >= 0.6 is 0 Å². The van der Waals surface area contributed by atoms with Gasteiger partial charge in [-0.05, 0) is 70.3 Å². The van der Waals surface area contributed by atoms with E-state index in [0.717, 1.165) is 59.8 Å². The van der Waals surface area contributed by atoms with E-state index < -0.39 is 5.60 Å². The van der Waals surface area contributed by atoms with Gasteiger partial charge < -0.3 is 20.0 Å². The van der Waals surface area contributed by atoms with Crippen LogP contribution in [0.3, 0.4) is 0 Å². The van der Waals surface area contributed by atoms with Gasteiger partial charge in [0.25, 0.3) is 5.56 Å². The van der Waals surface area contributed by atoms with Crippen molar-refractivity contribution in [2.75, 3.05) is 13.1 Å². The van der Waals surface area contributed by atoms with Gasteiger partial charge in [0.2, 0.25) is 0 Å². The molecule has 1 aliphatic heterocycles. The molecule has 1 saturated heterocycles. The van der Waals surface area contributed by atoms with Crippen molar-refractivity contribution in [2.45, 2.75) is 65.1 Å². The lowest BCUT2D eigenvalue weighted by Gasteiger charge is -2.27. The van der Waals surface area contributed by atoms with Crippen molar-refractivity contribution in [3.05, 3.63) is 77.0 Å². The quantitative estimate of drug-likeness (QED) is 0.263. The molecule has 1 fully saturated rings. The van der Waals surface area contributed by atoms with Gasteiger partial charge >= 0.3 is 6.09 Å². The van der Waals surface area contributed by atoms with E-state index >= 15 is 0 Å². The third-order valence-electron chi connectivity index (χ3n) is 6.83. The lowest BCUT2D eigenvalue weighted by atomic mass is 10.1. The number of carbonyl (C=O) groups excluding carboxylic acids is 1. The molecule has 210 valence electrons. The first-order valence-electron chi connectivity index (χ1n) is 13.8. The molecule has 4 aromatic rings. The molecule has 0 spiro atoms. The van der Waals surface area contributed by atoms with Crippen LogP contribution in [-0.2, 0) is 11.3 Å². The minimum Gasteiger partial charge on any atom is -0.444 e. The standard InChI is InChI=1S/C30H37N7O3/c1-5-13-31-19-26-32-17-23(34-26)20-8-10-22(11-9-20)36-15-12-21(16-27(36)38)24-18-33-28(35-24)25-7-6-14-37(25)29(39)40-30(2,3)4/h8-12,15-18,25,31H,5-7,13-14,19H2,1-4H3,(H,32,34)(H,33,35)/t25-/m0/s1. The maximum Gasteiger partial charge on any atom is 0.410 e. The Hall–Kier alpha value is -4.18. The average Bonchev–Trinajstić information content (AvgIpc) is 3.69. The smallest absolute Gasteiger partial charge is 0.410 e. The van der Waals surface area contributed by atoms with Crippen molar-refractivity contribution < 1.29 is 9.53 Å². The van der Waals surface area contributed by atoms with Crippen molar-refractivity contribution in [2.24, 2.45) is 0 Å². The molecule has 10 nitrogen and oxygen atoms in total. The second-order valence-corrected chi connectivity index (χ2v) is 11.1. The largest absolute Gasteiger partial charge is 0.444 e. The zero-order valence-corrected chi connectivity index (χ0v) is 23.5. The van der Waals surface area contributed by atoms with E-state index in [0.29, 0.717) is 18.9 Å². The lowest BCUT2D eigenvalue weighted by molar-refractivity contribution is 0.0218. The third kappa shape index (κ3) is 6.17. The van der Waals surface area contributed by atoms with Crippen molar-refractivity contribution in [3.63, 3.8) is 0 Å². The van der Waals surface area contributed by atoms with Crippen molar-refractivity contribution in [1.29, 1.82) is 0 Å². The number of amides is 1. The number of carbonyl (C=O) groups is 1. The number of imidazole rings is 2. The van der Waals surface area contributed by atoms with E-state index in [2.05, 4.69) is 32.2 Å². The van der Waals surface area contributed by atoms with E-state index in [1.54, 1.807) is 27.9 Å². The number of likely N-dealkylation sites (tertiary alicyclic amines) is 1.